The Morgan fingerprint density at radius 2 is 1.30 bits per heavy atom. The molecule has 0 radical (unpaired) electrons. The molecule has 2 aliphatic rings. The second-order valence-electron chi connectivity index (χ2n) is 12.6. The molecule has 0 atom stereocenters. The number of carboxylic acid groups (broad SMARTS) is 1. The van der Waals surface area contributed by atoms with Gasteiger partial charge in [0.2, 0.25) is 0 Å². The van der Waals surface area contributed by atoms with Gasteiger partial charge in [-0.25, -0.2) is 9.97 Å². The number of H-pyrrole nitrogens is 2. The summed E-state index contributed by atoms with van der Waals surface area (Å²) in [4.78, 5) is 47.4. The number of carbonyl (C=O) groups excluding carboxylic acids is 1. The lowest BCUT2D eigenvalue weighted by atomic mass is 9.92. The number of carboxylic acids is 1. The quantitative estimate of drug-likeness (QED) is 0.254. The first-order chi connectivity index (χ1) is 25.3. The predicted octanol–water partition coefficient (Wildman–Crippen LogP) is 3.60. The van der Waals surface area contributed by atoms with Gasteiger partial charge in [-0.05, 0) is 38.8 Å². The minimum atomic E-state index is -5.19. The number of halogens is 6. The predicted molar refractivity (Wildman–Crippen MR) is 193 cm³/mol. The maximum Gasteiger partial charge on any atom is 0.430 e. The Labute approximate surface area is 321 Å². The molecule has 2 fully saturated rings. The lowest BCUT2D eigenvalue weighted by Gasteiger charge is -2.40. The second-order valence-corrected chi connectivity index (χ2v) is 13.7. The monoisotopic (exact) mass is 814 g/mol. The van der Waals surface area contributed by atoms with Gasteiger partial charge in [0.25, 0.3) is 11.1 Å². The van der Waals surface area contributed by atoms with E-state index >= 15 is 0 Å². The smallest absolute Gasteiger partial charge is 0.430 e. The molecule has 0 unspecified atom stereocenters. The van der Waals surface area contributed by atoms with Crippen molar-refractivity contribution in [3.05, 3.63) is 71.7 Å². The van der Waals surface area contributed by atoms with Crippen LogP contribution >= 0.6 is 34.8 Å². The molecule has 14 nitrogen and oxygen atoms in total. The highest BCUT2D eigenvalue weighted by Crippen LogP contribution is 2.34. The van der Waals surface area contributed by atoms with Gasteiger partial charge in [-0.1, -0.05) is 34.8 Å². The molecule has 4 aromatic rings. The number of nitrogens with one attached hydrogen (secondary N) is 2. The highest BCUT2D eigenvalue weighted by molar-refractivity contribution is 6.37. The number of fused-ring (bicyclic) bond motifs is 2. The number of aliphatic carboxylic acids is 1. The Hall–Kier alpha value is -4.49. The van der Waals surface area contributed by atoms with Crippen LogP contribution in [0.2, 0.25) is 15.3 Å². The maximum absolute atomic E-state index is 12.2. The Morgan fingerprint density at radius 3 is 1.72 bits per heavy atom. The number of alkyl halides is 3. The first-order valence-corrected chi connectivity index (χ1v) is 17.3. The standard InChI is InChI=1S/C16H17ClN4O2.C9H3Cl2N3O.C7H15NO.C2HF3O2/c1-16(23-2)3-5-21(6-4-16)14-10-7-13(17)19-9-12(10)20-15(22)11(14)8-18;10-7-1-4-6(3-13-7)14-9(15)5(2-12)8(4)11;1-7(9-2)3-5-8-6-4-7;3-2(4,5)1(6)7/h7,9H,3-6H2,1-2H3,(H,20,22);1,3H,(H,14,15);8H,3-6H2,1-2H3;(H,6,7). The van der Waals surface area contributed by atoms with Crippen LogP contribution in [0.1, 0.15) is 50.7 Å². The number of ether oxygens (including phenoxy) is 2. The second kappa shape index (κ2) is 18.7. The summed E-state index contributed by atoms with van der Waals surface area (Å²) in [6.07, 6.45) is 1.76. The van der Waals surface area contributed by atoms with Gasteiger partial charge >= 0.3 is 6.18 Å². The summed E-state index contributed by atoms with van der Waals surface area (Å²) in [5, 5.41) is 31.2. The number of nitriles is 2. The molecule has 6 rings (SSSR count). The SMILES string of the molecule is COC1(C)CCN(c2c(C#N)c(=O)[nH]c3cnc(Cl)cc23)CC1.COC1(C)CC[NH2+]CC1.N#Cc1c(Cl)c2cc(Cl)ncc2[nH]c1=O.O=C([O-])C(F)(F)F. The molecule has 0 aliphatic carbocycles. The third-order valence-electron chi connectivity index (χ3n) is 8.97. The van der Waals surface area contributed by atoms with E-state index in [9.17, 15) is 28.0 Å². The van der Waals surface area contributed by atoms with Crippen LogP contribution in [0.25, 0.3) is 21.8 Å². The molecular formula is C34H36Cl3F3N8O6. The average molecular weight is 816 g/mol. The molecule has 54 heavy (non-hydrogen) atoms. The van der Waals surface area contributed by atoms with E-state index in [-0.39, 0.29) is 32.5 Å². The number of nitrogens with zero attached hydrogens (tertiary/aromatic N) is 5. The maximum atomic E-state index is 12.2. The number of methoxy groups -OCH3 is 2. The van der Waals surface area contributed by atoms with Crippen LogP contribution in [0, 0.1) is 22.7 Å². The van der Waals surface area contributed by atoms with Crippen molar-refractivity contribution in [2.45, 2.75) is 56.9 Å². The van der Waals surface area contributed by atoms with Crippen LogP contribution < -0.4 is 26.4 Å². The van der Waals surface area contributed by atoms with Crippen LogP contribution in [-0.2, 0) is 14.3 Å². The summed E-state index contributed by atoms with van der Waals surface area (Å²) >= 11 is 17.6. The van der Waals surface area contributed by atoms with E-state index in [1.54, 1.807) is 19.2 Å². The molecule has 0 saturated carbocycles. The first-order valence-electron chi connectivity index (χ1n) is 16.2. The number of nitrogens with two attached hydrogens (primary N) is 1. The number of quaternary nitrogens is 1. The van der Waals surface area contributed by atoms with E-state index in [0.717, 1.165) is 18.2 Å². The zero-order valence-corrected chi connectivity index (χ0v) is 31.8. The number of aromatic nitrogens is 4. The summed E-state index contributed by atoms with van der Waals surface area (Å²) in [6.45, 7) is 8.13. The Morgan fingerprint density at radius 1 is 0.870 bits per heavy atom. The van der Waals surface area contributed by atoms with Gasteiger partial charge in [-0.3, -0.25) is 9.59 Å². The summed E-state index contributed by atoms with van der Waals surface area (Å²) in [5.74, 6) is -3.01. The van der Waals surface area contributed by atoms with E-state index in [1.807, 2.05) is 13.2 Å². The van der Waals surface area contributed by atoms with E-state index in [2.05, 4.69) is 44.0 Å². The molecule has 20 heteroatoms. The third kappa shape index (κ3) is 11.3. The molecule has 2 aliphatic heterocycles. The Kier molecular flexibility index (Phi) is 15.2. The van der Waals surface area contributed by atoms with Crippen molar-refractivity contribution in [3.63, 3.8) is 0 Å². The van der Waals surface area contributed by atoms with E-state index in [4.69, 9.17) is 59.4 Å². The van der Waals surface area contributed by atoms with Crippen LogP contribution in [0.5, 0.6) is 0 Å². The molecular weight excluding hydrogens is 780 g/mol. The van der Waals surface area contributed by atoms with Gasteiger partial charge < -0.3 is 39.6 Å². The fourth-order valence-corrected chi connectivity index (χ4v) is 6.11. The van der Waals surface area contributed by atoms with E-state index < -0.39 is 23.3 Å². The molecule has 4 N–H and O–H groups in total. The van der Waals surface area contributed by atoms with Crippen LogP contribution in [-0.4, -0.2) is 83.7 Å². The van der Waals surface area contributed by atoms with Crippen molar-refractivity contribution in [1.29, 1.82) is 10.5 Å². The molecule has 6 heterocycles. The van der Waals surface area contributed by atoms with Gasteiger partial charge in [0.1, 0.15) is 39.5 Å². The Bertz CT molecular complexity index is 2170. The number of pyridine rings is 4. The van der Waals surface area contributed by atoms with Crippen molar-refractivity contribution in [2.75, 3.05) is 45.3 Å². The van der Waals surface area contributed by atoms with Gasteiger partial charge in [0.05, 0.1) is 58.4 Å². The van der Waals surface area contributed by atoms with Gasteiger partial charge in [0, 0.05) is 50.9 Å². The number of rotatable bonds is 3. The number of piperidine rings is 2. The zero-order valence-electron chi connectivity index (χ0n) is 29.5. The number of aromatic amines is 2. The first kappa shape index (κ1) is 43.9. The zero-order chi connectivity index (χ0) is 40.4. The van der Waals surface area contributed by atoms with E-state index in [0.29, 0.717) is 40.3 Å². The highest BCUT2D eigenvalue weighted by Gasteiger charge is 2.32. The van der Waals surface area contributed by atoms with Gasteiger partial charge in [-0.2, -0.15) is 23.7 Å². The lowest BCUT2D eigenvalue weighted by Crippen LogP contribution is -2.87. The van der Waals surface area contributed by atoms with Crippen LogP contribution in [0.15, 0.2) is 34.1 Å². The van der Waals surface area contributed by atoms with Crippen molar-refractivity contribution in [1.82, 2.24) is 19.9 Å². The summed E-state index contributed by atoms with van der Waals surface area (Å²) in [6, 6.07) is 6.95. The third-order valence-corrected chi connectivity index (χ3v) is 9.78. The Balaban J connectivity index is 0.000000216. The molecule has 290 valence electrons. The molecule has 0 spiro atoms. The van der Waals surface area contributed by atoms with Crippen molar-refractivity contribution in [2.24, 2.45) is 0 Å². The summed E-state index contributed by atoms with van der Waals surface area (Å²) in [7, 11) is 3.52. The minimum absolute atomic E-state index is 0.0977. The number of anilines is 1. The van der Waals surface area contributed by atoms with E-state index in [1.165, 1.54) is 44.4 Å². The molecule has 0 aromatic carbocycles. The van der Waals surface area contributed by atoms with Crippen molar-refractivity contribution >= 4 is 68.3 Å². The van der Waals surface area contributed by atoms with Gasteiger partial charge in [0.15, 0.2) is 0 Å². The summed E-state index contributed by atoms with van der Waals surface area (Å²) < 4.78 is 42.5. The fraction of sp³-hybridized carbons (Fsp3) is 0.441. The normalized spacial score (nSPS) is 16.0. The fourth-order valence-electron chi connectivity index (χ4n) is 5.51. The van der Waals surface area contributed by atoms with Gasteiger partial charge in [-0.15, -0.1) is 0 Å². The number of hydrogen-bond donors (Lipinski definition) is 3. The molecule has 4 aromatic heterocycles. The van der Waals surface area contributed by atoms with Crippen molar-refractivity contribution < 1.29 is 37.9 Å². The van der Waals surface area contributed by atoms with Crippen LogP contribution in [0.4, 0.5) is 18.9 Å². The highest BCUT2D eigenvalue weighted by atomic mass is 35.5. The molecule has 2 saturated heterocycles. The largest absolute Gasteiger partial charge is 0.542 e. The van der Waals surface area contributed by atoms with Crippen LogP contribution in [0.3, 0.4) is 0 Å². The molecule has 0 bridgehead atoms. The van der Waals surface area contributed by atoms with Crippen molar-refractivity contribution in [3.8, 4) is 12.1 Å². The topological polar surface area (TPSA) is 218 Å². The average Bonchev–Trinajstić information content (AvgIpc) is 3.13. The number of carbonyl (C=O) groups is 1. The number of hydrogen-bond acceptors (Lipinski definition) is 11. The summed E-state index contributed by atoms with van der Waals surface area (Å²) in [5.41, 5.74) is 0.745. The lowest BCUT2D eigenvalue weighted by molar-refractivity contribution is -0.668. The molecule has 0 amide bonds. The minimum Gasteiger partial charge on any atom is -0.542 e.